The molecule has 1 aliphatic rings. The van der Waals surface area contributed by atoms with Crippen LogP contribution in [-0.2, 0) is 9.53 Å². The van der Waals surface area contributed by atoms with Gasteiger partial charge in [-0.3, -0.25) is 4.79 Å². The fraction of sp³-hybridized carbons (Fsp3) is 0.615. The number of nitrogens with one attached hydrogen (secondary N) is 2. The molecule has 1 aliphatic heterocycles. The van der Waals surface area contributed by atoms with Gasteiger partial charge < -0.3 is 25.0 Å². The molecule has 0 saturated carbocycles. The Kier molecular flexibility index (Phi) is 5.15. The van der Waals surface area contributed by atoms with Gasteiger partial charge in [-0.25, -0.2) is 9.97 Å². The molecule has 1 fully saturated rings. The Morgan fingerprint density at radius 3 is 2.67 bits per heavy atom. The Morgan fingerprint density at radius 1 is 1.38 bits per heavy atom. The lowest BCUT2D eigenvalue weighted by molar-refractivity contribution is -0.135. The van der Waals surface area contributed by atoms with E-state index in [1.165, 1.54) is 6.33 Å². The minimum atomic E-state index is -0.406. The highest BCUT2D eigenvalue weighted by molar-refractivity contribution is 5.85. The Labute approximate surface area is 123 Å². The number of hydrogen-bond donors (Lipinski definition) is 2. The molecule has 2 heterocycles. The molecule has 1 atom stereocenters. The average Bonchev–Trinajstić information content (AvgIpc) is 2.54. The molecule has 0 bridgehead atoms. The number of methoxy groups -OCH3 is 1. The lowest BCUT2D eigenvalue weighted by Gasteiger charge is -2.29. The summed E-state index contributed by atoms with van der Waals surface area (Å²) in [7, 11) is 3.29. The predicted molar refractivity (Wildman–Crippen MR) is 78.6 cm³/mol. The third kappa shape index (κ3) is 3.52. The molecule has 1 saturated heterocycles. The van der Waals surface area contributed by atoms with E-state index in [1.54, 1.807) is 26.0 Å². The van der Waals surface area contributed by atoms with Crippen LogP contribution in [0.2, 0.25) is 0 Å². The molecule has 2 N–H and O–H groups in total. The van der Waals surface area contributed by atoms with Crippen molar-refractivity contribution in [1.29, 1.82) is 0 Å². The molecular formula is C13H21N5O3. The Bertz CT molecular complexity index is 491. The second kappa shape index (κ2) is 7.07. The van der Waals surface area contributed by atoms with E-state index in [9.17, 15) is 4.79 Å². The minimum absolute atomic E-state index is 0.0185. The highest BCUT2D eigenvalue weighted by Crippen LogP contribution is 2.28. The van der Waals surface area contributed by atoms with Crippen LogP contribution in [0, 0.1) is 0 Å². The minimum Gasteiger partial charge on any atom is -0.490 e. The van der Waals surface area contributed by atoms with Gasteiger partial charge in [0.1, 0.15) is 12.4 Å². The van der Waals surface area contributed by atoms with Gasteiger partial charge in [0.2, 0.25) is 11.7 Å². The molecular weight excluding hydrogens is 274 g/mol. The first-order valence-corrected chi connectivity index (χ1v) is 6.87. The van der Waals surface area contributed by atoms with Crippen molar-refractivity contribution in [3.05, 3.63) is 6.33 Å². The van der Waals surface area contributed by atoms with Crippen LogP contribution in [0.1, 0.15) is 6.92 Å². The number of hydrogen-bond acceptors (Lipinski definition) is 7. The molecule has 2 rings (SSSR count). The lowest BCUT2D eigenvalue weighted by atomic mass is 10.2. The first kappa shape index (κ1) is 15.3. The fourth-order valence-electron chi connectivity index (χ4n) is 2.17. The summed E-state index contributed by atoms with van der Waals surface area (Å²) >= 11 is 0. The fourth-order valence-corrected chi connectivity index (χ4v) is 2.17. The molecule has 0 aliphatic carbocycles. The molecule has 0 radical (unpaired) electrons. The third-order valence-corrected chi connectivity index (χ3v) is 3.29. The molecule has 1 amide bonds. The summed E-state index contributed by atoms with van der Waals surface area (Å²) in [5.41, 5.74) is 0. The van der Waals surface area contributed by atoms with Crippen molar-refractivity contribution >= 4 is 17.5 Å². The van der Waals surface area contributed by atoms with Crippen LogP contribution in [-0.4, -0.2) is 67.3 Å². The van der Waals surface area contributed by atoms with Crippen molar-refractivity contribution in [2.24, 2.45) is 0 Å². The van der Waals surface area contributed by atoms with Crippen molar-refractivity contribution in [2.75, 3.05) is 51.1 Å². The maximum absolute atomic E-state index is 12.4. The van der Waals surface area contributed by atoms with Crippen LogP contribution in [0.3, 0.4) is 0 Å². The molecule has 116 valence electrons. The number of morpholine rings is 1. The summed E-state index contributed by atoms with van der Waals surface area (Å²) in [6.07, 6.45) is 1.42. The number of carbonyl (C=O) groups is 1. The summed E-state index contributed by atoms with van der Waals surface area (Å²) in [5.74, 6) is 1.57. The molecule has 1 aromatic rings. The van der Waals surface area contributed by atoms with Crippen LogP contribution in [0.25, 0.3) is 0 Å². The van der Waals surface area contributed by atoms with E-state index in [0.717, 1.165) is 0 Å². The van der Waals surface area contributed by atoms with E-state index >= 15 is 0 Å². The molecule has 8 nitrogen and oxygen atoms in total. The monoisotopic (exact) mass is 295 g/mol. The van der Waals surface area contributed by atoms with Crippen molar-refractivity contribution < 1.29 is 14.3 Å². The van der Waals surface area contributed by atoms with Gasteiger partial charge in [0.15, 0.2) is 11.6 Å². The molecule has 0 aromatic carbocycles. The quantitative estimate of drug-likeness (QED) is 0.801. The largest absolute Gasteiger partial charge is 0.490 e. The number of rotatable bonds is 5. The van der Waals surface area contributed by atoms with E-state index in [1.807, 2.05) is 0 Å². The van der Waals surface area contributed by atoms with Crippen LogP contribution in [0.5, 0.6) is 5.75 Å². The first-order valence-electron chi connectivity index (χ1n) is 6.87. The highest BCUT2D eigenvalue weighted by atomic mass is 16.5. The lowest BCUT2D eigenvalue weighted by Crippen LogP contribution is -2.47. The van der Waals surface area contributed by atoms with Crippen molar-refractivity contribution in [3.8, 4) is 5.75 Å². The SMILES string of the molecule is CNc1ncnc(NC(C)C(=O)N2CCOCC2)c1OC. The number of anilines is 2. The second-order valence-corrected chi connectivity index (χ2v) is 4.66. The van der Waals surface area contributed by atoms with Gasteiger partial charge in [-0.05, 0) is 6.92 Å². The van der Waals surface area contributed by atoms with Crippen LogP contribution < -0.4 is 15.4 Å². The summed E-state index contributed by atoms with van der Waals surface area (Å²) < 4.78 is 10.6. The standard InChI is InChI=1S/C13H21N5O3/c1-9(13(19)18-4-6-21-7-5-18)17-12-10(20-3)11(14-2)15-8-16-12/h8-9H,4-7H2,1-3H3,(H2,14,15,16,17). The van der Waals surface area contributed by atoms with Gasteiger partial charge >= 0.3 is 0 Å². The number of carbonyl (C=O) groups excluding carboxylic acids is 1. The van der Waals surface area contributed by atoms with Gasteiger partial charge in [0.25, 0.3) is 0 Å². The van der Waals surface area contributed by atoms with Crippen molar-refractivity contribution in [1.82, 2.24) is 14.9 Å². The van der Waals surface area contributed by atoms with E-state index in [4.69, 9.17) is 9.47 Å². The number of amides is 1. The summed E-state index contributed by atoms with van der Waals surface area (Å²) in [6, 6.07) is -0.406. The van der Waals surface area contributed by atoms with Gasteiger partial charge in [0.05, 0.1) is 20.3 Å². The Hall–Kier alpha value is -2.09. The smallest absolute Gasteiger partial charge is 0.244 e. The van der Waals surface area contributed by atoms with E-state index < -0.39 is 6.04 Å². The molecule has 1 unspecified atom stereocenters. The normalized spacial score (nSPS) is 16.2. The Balaban J connectivity index is 2.08. The maximum atomic E-state index is 12.4. The summed E-state index contributed by atoms with van der Waals surface area (Å²) in [5, 5.41) is 6.01. The molecule has 21 heavy (non-hydrogen) atoms. The van der Waals surface area contributed by atoms with Crippen molar-refractivity contribution in [2.45, 2.75) is 13.0 Å². The topological polar surface area (TPSA) is 88.6 Å². The predicted octanol–water partition coefficient (Wildman–Crippen LogP) is 0.186. The maximum Gasteiger partial charge on any atom is 0.244 e. The first-order chi connectivity index (χ1) is 10.2. The molecule has 1 aromatic heterocycles. The van der Waals surface area contributed by atoms with Crippen LogP contribution in [0.15, 0.2) is 6.33 Å². The van der Waals surface area contributed by atoms with Crippen LogP contribution >= 0.6 is 0 Å². The molecule has 8 heteroatoms. The number of nitrogens with zero attached hydrogens (tertiary/aromatic N) is 3. The van der Waals surface area contributed by atoms with E-state index in [2.05, 4.69) is 20.6 Å². The third-order valence-electron chi connectivity index (χ3n) is 3.29. The number of ether oxygens (including phenoxy) is 2. The van der Waals surface area contributed by atoms with Gasteiger partial charge in [0, 0.05) is 20.1 Å². The number of aromatic nitrogens is 2. The average molecular weight is 295 g/mol. The second-order valence-electron chi connectivity index (χ2n) is 4.66. The summed E-state index contributed by atoms with van der Waals surface area (Å²) in [4.78, 5) is 22.4. The van der Waals surface area contributed by atoms with Crippen LogP contribution in [0.4, 0.5) is 11.6 Å². The molecule has 0 spiro atoms. The van der Waals surface area contributed by atoms with Gasteiger partial charge in [-0.2, -0.15) is 0 Å². The zero-order chi connectivity index (χ0) is 15.2. The zero-order valence-electron chi connectivity index (χ0n) is 12.5. The van der Waals surface area contributed by atoms with E-state index in [0.29, 0.717) is 43.7 Å². The summed E-state index contributed by atoms with van der Waals surface area (Å²) in [6.45, 7) is 4.21. The highest BCUT2D eigenvalue weighted by Gasteiger charge is 2.24. The van der Waals surface area contributed by atoms with Gasteiger partial charge in [-0.1, -0.05) is 0 Å². The Morgan fingerprint density at radius 2 is 2.05 bits per heavy atom. The van der Waals surface area contributed by atoms with Crippen molar-refractivity contribution in [3.63, 3.8) is 0 Å². The van der Waals surface area contributed by atoms with Gasteiger partial charge in [-0.15, -0.1) is 0 Å². The van der Waals surface area contributed by atoms with E-state index in [-0.39, 0.29) is 5.91 Å². The zero-order valence-corrected chi connectivity index (χ0v) is 12.5.